The Hall–Kier alpha value is -2.95. The molecule has 0 radical (unpaired) electrons. The van der Waals surface area contributed by atoms with E-state index in [4.69, 9.17) is 4.74 Å². The van der Waals surface area contributed by atoms with Crippen LogP contribution in [-0.2, 0) is 14.3 Å². The van der Waals surface area contributed by atoms with Gasteiger partial charge in [-0.15, -0.1) is 0 Å². The van der Waals surface area contributed by atoms with Crippen molar-refractivity contribution in [1.82, 2.24) is 20.0 Å². The van der Waals surface area contributed by atoms with Crippen LogP contribution in [0.2, 0.25) is 0 Å². The van der Waals surface area contributed by atoms with Gasteiger partial charge in [-0.25, -0.2) is 4.79 Å². The van der Waals surface area contributed by atoms with Crippen LogP contribution in [0.4, 0.5) is 4.79 Å². The average molecular weight is 537 g/mol. The number of hydrogen-bond acceptors (Lipinski definition) is 6. The van der Waals surface area contributed by atoms with Gasteiger partial charge in [0.1, 0.15) is 12.1 Å². The topological polar surface area (TPSA) is 116 Å². The Morgan fingerprint density at radius 3 is 2.18 bits per heavy atom. The van der Waals surface area contributed by atoms with Crippen LogP contribution in [0.5, 0.6) is 0 Å². The zero-order valence-electron chi connectivity index (χ0n) is 19.6. The quantitative estimate of drug-likeness (QED) is 0.556. The third-order valence-electron chi connectivity index (χ3n) is 5.47. The number of carbonyl (C=O) groups is 5. The lowest BCUT2D eigenvalue weighted by Gasteiger charge is -2.35. The van der Waals surface area contributed by atoms with E-state index in [0.717, 1.165) is 4.47 Å². The van der Waals surface area contributed by atoms with Gasteiger partial charge < -0.3 is 19.9 Å². The van der Waals surface area contributed by atoms with Crippen molar-refractivity contribution in [2.45, 2.75) is 39.2 Å². The molecule has 0 unspecified atom stereocenters. The molecule has 0 atom stereocenters. The Kier molecular flexibility index (Phi) is 7.96. The number of nitrogens with one attached hydrogen (secondary N) is 1. The van der Waals surface area contributed by atoms with E-state index in [1.54, 1.807) is 48.8 Å². The molecule has 34 heavy (non-hydrogen) atoms. The van der Waals surface area contributed by atoms with Crippen molar-refractivity contribution in [2.24, 2.45) is 0 Å². The van der Waals surface area contributed by atoms with Gasteiger partial charge in [0.2, 0.25) is 11.8 Å². The number of imide groups is 1. The largest absolute Gasteiger partial charge is 0.444 e. The molecule has 1 aromatic carbocycles. The second kappa shape index (κ2) is 10.5. The molecule has 3 rings (SSSR count). The number of amides is 5. The van der Waals surface area contributed by atoms with Gasteiger partial charge in [-0.1, -0.05) is 15.9 Å². The molecule has 184 valence electrons. The van der Waals surface area contributed by atoms with E-state index >= 15 is 0 Å². The Morgan fingerprint density at radius 1 is 0.971 bits per heavy atom. The van der Waals surface area contributed by atoms with Crippen LogP contribution in [-0.4, -0.2) is 89.3 Å². The summed E-state index contributed by atoms with van der Waals surface area (Å²) in [7, 11) is 0. The minimum absolute atomic E-state index is 0.0849. The van der Waals surface area contributed by atoms with Crippen molar-refractivity contribution in [1.29, 1.82) is 0 Å². The minimum Gasteiger partial charge on any atom is -0.444 e. The molecule has 1 fully saturated rings. The maximum Gasteiger partial charge on any atom is 0.408 e. The highest BCUT2D eigenvalue weighted by atomic mass is 79.9. The van der Waals surface area contributed by atoms with Crippen LogP contribution in [0.15, 0.2) is 22.7 Å². The van der Waals surface area contributed by atoms with Gasteiger partial charge in [0.25, 0.3) is 11.8 Å². The summed E-state index contributed by atoms with van der Waals surface area (Å²) in [6.07, 6.45) is -0.0873. The SMILES string of the molecule is CC(C)(C)OC(=O)NCC(=O)N1CCN(C(=O)CCCN2C(=O)c3ccc(Br)cc3C2=O)CC1. The summed E-state index contributed by atoms with van der Waals surface area (Å²) in [6.45, 7) is 6.73. The highest BCUT2D eigenvalue weighted by Gasteiger charge is 2.35. The van der Waals surface area contributed by atoms with E-state index in [1.165, 1.54) is 4.90 Å². The molecule has 2 aliphatic heterocycles. The first-order chi connectivity index (χ1) is 16.0. The van der Waals surface area contributed by atoms with Crippen LogP contribution in [0.1, 0.15) is 54.3 Å². The van der Waals surface area contributed by atoms with Gasteiger partial charge in [0, 0.05) is 43.6 Å². The van der Waals surface area contributed by atoms with Gasteiger partial charge in [0.15, 0.2) is 0 Å². The molecule has 1 saturated heterocycles. The first-order valence-electron chi connectivity index (χ1n) is 11.1. The monoisotopic (exact) mass is 536 g/mol. The molecular formula is C23H29BrN4O6. The number of halogens is 1. The molecule has 0 aromatic heterocycles. The third-order valence-corrected chi connectivity index (χ3v) is 5.97. The summed E-state index contributed by atoms with van der Waals surface area (Å²) in [5.41, 5.74) is 0.101. The fraction of sp³-hybridized carbons (Fsp3) is 0.522. The van der Waals surface area contributed by atoms with Gasteiger partial charge in [-0.05, 0) is 45.4 Å². The Bertz CT molecular complexity index is 998. The number of benzene rings is 1. The zero-order chi connectivity index (χ0) is 25.0. The molecule has 0 aliphatic carbocycles. The first kappa shape index (κ1) is 25.7. The predicted octanol–water partition coefficient (Wildman–Crippen LogP) is 2.02. The highest BCUT2D eigenvalue weighted by Crippen LogP contribution is 2.26. The second-order valence-corrected chi connectivity index (χ2v) is 10.1. The zero-order valence-corrected chi connectivity index (χ0v) is 21.1. The number of alkyl carbamates (subject to hydrolysis) is 1. The summed E-state index contributed by atoms with van der Waals surface area (Å²) < 4.78 is 5.84. The van der Waals surface area contributed by atoms with Crippen LogP contribution >= 0.6 is 15.9 Å². The van der Waals surface area contributed by atoms with Gasteiger partial charge in [-0.2, -0.15) is 0 Å². The number of nitrogens with zero attached hydrogens (tertiary/aromatic N) is 3. The Balaban J connectivity index is 1.38. The third kappa shape index (κ3) is 6.34. The summed E-state index contributed by atoms with van der Waals surface area (Å²) >= 11 is 3.31. The number of hydrogen-bond donors (Lipinski definition) is 1. The predicted molar refractivity (Wildman–Crippen MR) is 126 cm³/mol. The van der Waals surface area contributed by atoms with Crippen LogP contribution in [0, 0.1) is 0 Å². The van der Waals surface area contributed by atoms with Crippen molar-refractivity contribution in [3.8, 4) is 0 Å². The van der Waals surface area contributed by atoms with E-state index in [1.807, 2.05) is 0 Å². The highest BCUT2D eigenvalue weighted by molar-refractivity contribution is 9.10. The van der Waals surface area contributed by atoms with E-state index in [0.29, 0.717) is 43.7 Å². The molecule has 0 bridgehead atoms. The molecule has 5 amide bonds. The smallest absolute Gasteiger partial charge is 0.408 e. The Morgan fingerprint density at radius 2 is 1.56 bits per heavy atom. The van der Waals surface area contributed by atoms with Crippen LogP contribution in [0.25, 0.3) is 0 Å². The van der Waals surface area contributed by atoms with Crippen molar-refractivity contribution in [2.75, 3.05) is 39.3 Å². The van der Waals surface area contributed by atoms with Crippen molar-refractivity contribution < 1.29 is 28.7 Å². The first-order valence-corrected chi connectivity index (χ1v) is 11.9. The number of piperazine rings is 1. The van der Waals surface area contributed by atoms with E-state index in [9.17, 15) is 24.0 Å². The van der Waals surface area contributed by atoms with Crippen molar-refractivity contribution >= 4 is 45.7 Å². The fourth-order valence-electron chi connectivity index (χ4n) is 3.79. The van der Waals surface area contributed by atoms with E-state index in [2.05, 4.69) is 21.2 Å². The van der Waals surface area contributed by atoms with E-state index < -0.39 is 11.7 Å². The lowest BCUT2D eigenvalue weighted by Crippen LogP contribution is -2.52. The molecular weight excluding hydrogens is 508 g/mol. The van der Waals surface area contributed by atoms with Gasteiger partial charge in [-0.3, -0.25) is 24.1 Å². The minimum atomic E-state index is -0.652. The molecule has 10 nitrogen and oxygen atoms in total. The maximum atomic E-state index is 12.6. The number of carbonyl (C=O) groups excluding carboxylic acids is 5. The molecule has 1 aromatic rings. The summed E-state index contributed by atoms with van der Waals surface area (Å²) in [4.78, 5) is 66.0. The maximum absolute atomic E-state index is 12.6. The molecule has 0 saturated carbocycles. The lowest BCUT2D eigenvalue weighted by molar-refractivity contribution is -0.139. The number of rotatable bonds is 6. The Labute approximate surface area is 206 Å². The van der Waals surface area contributed by atoms with Gasteiger partial charge >= 0.3 is 6.09 Å². The average Bonchev–Trinajstić information content (AvgIpc) is 3.00. The van der Waals surface area contributed by atoms with E-state index in [-0.39, 0.29) is 43.1 Å². The van der Waals surface area contributed by atoms with Crippen LogP contribution in [0.3, 0.4) is 0 Å². The summed E-state index contributed by atoms with van der Waals surface area (Å²) in [6, 6.07) is 4.97. The molecule has 0 spiro atoms. The molecule has 11 heteroatoms. The lowest BCUT2D eigenvalue weighted by atomic mass is 10.1. The molecule has 2 aliphatic rings. The fourth-order valence-corrected chi connectivity index (χ4v) is 4.15. The van der Waals surface area contributed by atoms with Crippen molar-refractivity contribution in [3.05, 3.63) is 33.8 Å². The summed E-state index contributed by atoms with van der Waals surface area (Å²) in [5.74, 6) is -1.01. The second-order valence-electron chi connectivity index (χ2n) is 9.17. The van der Waals surface area contributed by atoms with Crippen molar-refractivity contribution in [3.63, 3.8) is 0 Å². The number of ether oxygens (including phenoxy) is 1. The normalized spacial score (nSPS) is 15.9. The van der Waals surface area contributed by atoms with Crippen LogP contribution < -0.4 is 5.32 Å². The molecule has 1 N–H and O–H groups in total. The molecule has 2 heterocycles. The van der Waals surface area contributed by atoms with Gasteiger partial charge in [0.05, 0.1) is 11.1 Å². The standard InChI is InChI=1S/C23H29BrN4O6/c1-23(2,3)34-22(33)25-14-19(30)27-11-9-26(10-12-27)18(29)5-4-8-28-20(31)16-7-6-15(24)13-17(16)21(28)32/h6-7,13H,4-5,8-12,14H2,1-3H3,(H,25,33). The summed E-state index contributed by atoms with van der Waals surface area (Å²) in [5, 5.41) is 2.45. The number of fused-ring (bicyclic) bond motifs is 1.